The number of primary amides is 1. The predicted molar refractivity (Wildman–Crippen MR) is 87.1 cm³/mol. The van der Waals surface area contributed by atoms with E-state index >= 15 is 0 Å². The smallest absolute Gasteiger partial charge is 0.315 e. The average Bonchev–Trinajstić information content (AvgIpc) is 3.02. The Hall–Kier alpha value is -2.61. The van der Waals surface area contributed by atoms with Gasteiger partial charge < -0.3 is 21.3 Å². The van der Waals surface area contributed by atoms with Gasteiger partial charge in [0.15, 0.2) is 0 Å². The molecule has 2 saturated heterocycles. The molecule has 0 bridgehead atoms. The number of carbonyl (C=O) groups excluding carboxylic acids is 3. The molecular formula is C16H21N5O3. The first-order valence-electron chi connectivity index (χ1n) is 7.97. The predicted octanol–water partition coefficient (Wildman–Crippen LogP) is -0.889. The number of amides is 4. The van der Waals surface area contributed by atoms with Gasteiger partial charge >= 0.3 is 6.03 Å². The second-order valence-corrected chi connectivity index (χ2v) is 6.07. The van der Waals surface area contributed by atoms with Crippen LogP contribution in [-0.4, -0.2) is 66.4 Å². The van der Waals surface area contributed by atoms with Gasteiger partial charge in [0.05, 0.1) is 0 Å². The third-order valence-corrected chi connectivity index (χ3v) is 4.40. The van der Waals surface area contributed by atoms with Crippen molar-refractivity contribution in [2.24, 2.45) is 5.73 Å². The molecule has 8 heteroatoms. The normalized spacial score (nSPS) is 21.2. The molecule has 3 rings (SSSR count). The van der Waals surface area contributed by atoms with E-state index in [-0.39, 0.29) is 11.9 Å². The standard InChI is InChI=1S/C16H21N5O3/c17-14(22)12-3-1-11(2-4-12)10-20-5-7-21(8-6-20)15(23)13-9-18-16(24)19-13/h1-4,13H,5-10H2,(H2,17,22)(H2,18,19,24). The van der Waals surface area contributed by atoms with Crippen LogP contribution in [0, 0.1) is 0 Å². The lowest BCUT2D eigenvalue weighted by molar-refractivity contribution is -0.134. The van der Waals surface area contributed by atoms with Gasteiger partial charge in [0.2, 0.25) is 11.8 Å². The van der Waals surface area contributed by atoms with Crippen LogP contribution >= 0.6 is 0 Å². The summed E-state index contributed by atoms with van der Waals surface area (Å²) in [6.07, 6.45) is 0. The molecule has 2 aliphatic rings. The molecule has 128 valence electrons. The number of nitrogens with zero attached hydrogens (tertiary/aromatic N) is 2. The maximum atomic E-state index is 12.3. The quantitative estimate of drug-likeness (QED) is 0.665. The molecule has 24 heavy (non-hydrogen) atoms. The average molecular weight is 331 g/mol. The van der Waals surface area contributed by atoms with Crippen LogP contribution in [0.5, 0.6) is 0 Å². The molecule has 4 N–H and O–H groups in total. The van der Waals surface area contributed by atoms with Crippen LogP contribution in [0.1, 0.15) is 15.9 Å². The summed E-state index contributed by atoms with van der Waals surface area (Å²) in [5, 5.41) is 5.23. The van der Waals surface area contributed by atoms with E-state index in [4.69, 9.17) is 5.73 Å². The number of nitrogens with two attached hydrogens (primary N) is 1. The largest absolute Gasteiger partial charge is 0.366 e. The van der Waals surface area contributed by atoms with Crippen molar-refractivity contribution in [1.82, 2.24) is 20.4 Å². The van der Waals surface area contributed by atoms with Gasteiger partial charge in [0.25, 0.3) is 0 Å². The molecule has 0 spiro atoms. The summed E-state index contributed by atoms with van der Waals surface area (Å²) in [5.41, 5.74) is 6.84. The summed E-state index contributed by atoms with van der Waals surface area (Å²) in [7, 11) is 0. The summed E-state index contributed by atoms with van der Waals surface area (Å²) in [4.78, 5) is 38.6. The van der Waals surface area contributed by atoms with Crippen LogP contribution in [-0.2, 0) is 11.3 Å². The molecule has 2 fully saturated rings. The Bertz CT molecular complexity index is 638. The van der Waals surface area contributed by atoms with Gasteiger partial charge in [-0.15, -0.1) is 0 Å². The minimum atomic E-state index is -0.453. The van der Waals surface area contributed by atoms with Gasteiger partial charge in [0.1, 0.15) is 6.04 Å². The lowest BCUT2D eigenvalue weighted by Crippen LogP contribution is -2.53. The SMILES string of the molecule is NC(=O)c1ccc(CN2CCN(C(=O)C3CNC(=O)N3)CC2)cc1. The summed E-state index contributed by atoms with van der Waals surface area (Å²) in [5.74, 6) is -0.457. The third kappa shape index (κ3) is 3.65. The zero-order valence-electron chi connectivity index (χ0n) is 13.3. The van der Waals surface area contributed by atoms with E-state index in [1.165, 1.54) is 0 Å². The van der Waals surface area contributed by atoms with Gasteiger partial charge in [-0.05, 0) is 17.7 Å². The Morgan fingerprint density at radius 1 is 1.12 bits per heavy atom. The van der Waals surface area contributed by atoms with Gasteiger partial charge in [-0.1, -0.05) is 12.1 Å². The highest BCUT2D eigenvalue weighted by Crippen LogP contribution is 2.11. The van der Waals surface area contributed by atoms with Crippen molar-refractivity contribution in [2.75, 3.05) is 32.7 Å². The molecule has 4 amide bonds. The summed E-state index contributed by atoms with van der Waals surface area (Å²) in [6, 6.07) is 6.52. The van der Waals surface area contributed by atoms with Crippen LogP contribution in [0.3, 0.4) is 0 Å². The molecule has 0 aromatic heterocycles. The monoisotopic (exact) mass is 331 g/mol. The first-order valence-corrected chi connectivity index (χ1v) is 7.97. The fourth-order valence-corrected chi connectivity index (χ4v) is 2.98. The minimum absolute atomic E-state index is 0.0289. The zero-order valence-corrected chi connectivity index (χ0v) is 13.3. The Labute approximate surface area is 140 Å². The van der Waals surface area contributed by atoms with Gasteiger partial charge in [-0.2, -0.15) is 0 Å². The van der Waals surface area contributed by atoms with E-state index in [9.17, 15) is 14.4 Å². The molecule has 0 radical (unpaired) electrons. The van der Waals surface area contributed by atoms with E-state index in [0.717, 1.165) is 25.2 Å². The minimum Gasteiger partial charge on any atom is -0.366 e. The number of urea groups is 1. The van der Waals surface area contributed by atoms with Gasteiger partial charge in [-0.3, -0.25) is 14.5 Å². The van der Waals surface area contributed by atoms with E-state index in [1.807, 2.05) is 12.1 Å². The second kappa shape index (κ2) is 6.88. The fourth-order valence-electron chi connectivity index (χ4n) is 2.98. The van der Waals surface area contributed by atoms with Crippen molar-refractivity contribution >= 4 is 17.8 Å². The molecule has 2 aliphatic heterocycles. The molecule has 0 aliphatic carbocycles. The maximum Gasteiger partial charge on any atom is 0.315 e. The van der Waals surface area contributed by atoms with Gasteiger partial charge in [0, 0.05) is 44.8 Å². The zero-order chi connectivity index (χ0) is 17.1. The number of carbonyl (C=O) groups is 3. The van der Waals surface area contributed by atoms with Crippen LogP contribution < -0.4 is 16.4 Å². The van der Waals surface area contributed by atoms with Gasteiger partial charge in [-0.25, -0.2) is 4.79 Å². The van der Waals surface area contributed by atoms with Crippen LogP contribution in [0.2, 0.25) is 0 Å². The molecule has 1 unspecified atom stereocenters. The van der Waals surface area contributed by atoms with E-state index in [2.05, 4.69) is 15.5 Å². The molecule has 2 heterocycles. The molecule has 0 saturated carbocycles. The molecule has 1 aromatic rings. The summed E-state index contributed by atoms with van der Waals surface area (Å²) < 4.78 is 0. The highest BCUT2D eigenvalue weighted by atomic mass is 16.2. The van der Waals surface area contributed by atoms with E-state index in [0.29, 0.717) is 25.2 Å². The fraction of sp³-hybridized carbons (Fsp3) is 0.438. The topological polar surface area (TPSA) is 108 Å². The Morgan fingerprint density at radius 2 is 1.79 bits per heavy atom. The molecular weight excluding hydrogens is 310 g/mol. The number of benzene rings is 1. The summed E-state index contributed by atoms with van der Waals surface area (Å²) in [6.45, 7) is 3.96. The maximum absolute atomic E-state index is 12.3. The lowest BCUT2D eigenvalue weighted by atomic mass is 10.1. The first-order chi connectivity index (χ1) is 11.5. The van der Waals surface area contributed by atoms with Crippen LogP contribution in [0.25, 0.3) is 0 Å². The van der Waals surface area contributed by atoms with Crippen molar-refractivity contribution in [3.63, 3.8) is 0 Å². The number of hydrogen-bond acceptors (Lipinski definition) is 4. The Kier molecular flexibility index (Phi) is 4.66. The molecule has 8 nitrogen and oxygen atoms in total. The highest BCUT2D eigenvalue weighted by molar-refractivity contribution is 5.92. The number of piperazine rings is 1. The summed E-state index contributed by atoms with van der Waals surface area (Å²) >= 11 is 0. The highest BCUT2D eigenvalue weighted by Gasteiger charge is 2.32. The Balaban J connectivity index is 1.49. The van der Waals surface area contributed by atoms with E-state index in [1.54, 1.807) is 17.0 Å². The van der Waals surface area contributed by atoms with Crippen molar-refractivity contribution < 1.29 is 14.4 Å². The van der Waals surface area contributed by atoms with Crippen molar-refractivity contribution in [3.8, 4) is 0 Å². The van der Waals surface area contributed by atoms with Crippen molar-refractivity contribution in [1.29, 1.82) is 0 Å². The van der Waals surface area contributed by atoms with Crippen molar-refractivity contribution in [2.45, 2.75) is 12.6 Å². The second-order valence-electron chi connectivity index (χ2n) is 6.07. The first kappa shape index (κ1) is 16.3. The number of hydrogen-bond donors (Lipinski definition) is 3. The number of rotatable bonds is 4. The Morgan fingerprint density at radius 3 is 2.33 bits per heavy atom. The molecule has 1 aromatic carbocycles. The lowest BCUT2D eigenvalue weighted by Gasteiger charge is -2.35. The molecule has 1 atom stereocenters. The third-order valence-electron chi connectivity index (χ3n) is 4.40. The van der Waals surface area contributed by atoms with Crippen LogP contribution in [0.15, 0.2) is 24.3 Å². The van der Waals surface area contributed by atoms with E-state index < -0.39 is 11.9 Å². The van der Waals surface area contributed by atoms with Crippen molar-refractivity contribution in [3.05, 3.63) is 35.4 Å². The van der Waals surface area contributed by atoms with Crippen LogP contribution in [0.4, 0.5) is 4.79 Å². The number of nitrogens with one attached hydrogen (secondary N) is 2.